The third-order valence-electron chi connectivity index (χ3n) is 6.55. The maximum absolute atomic E-state index is 15.1. The fraction of sp³-hybridized carbons (Fsp3) is 0.478. The quantitative estimate of drug-likeness (QED) is 0.727. The zero-order chi connectivity index (χ0) is 23.0. The minimum Gasteiger partial charge on any atom is -0.481 e. The van der Waals surface area contributed by atoms with Gasteiger partial charge in [0.1, 0.15) is 17.2 Å². The summed E-state index contributed by atoms with van der Waals surface area (Å²) in [6.45, 7) is 1.88. The Hall–Kier alpha value is -3.23. The molecule has 170 valence electrons. The second-order valence-corrected chi connectivity index (χ2v) is 8.67. The van der Waals surface area contributed by atoms with Gasteiger partial charge in [0, 0.05) is 24.6 Å². The molecule has 1 unspecified atom stereocenters. The molecule has 1 atom stereocenters. The van der Waals surface area contributed by atoms with Crippen LogP contribution in [0.4, 0.5) is 15.9 Å². The fourth-order valence-corrected chi connectivity index (χ4v) is 4.96. The molecule has 32 heavy (non-hydrogen) atoms. The predicted molar refractivity (Wildman–Crippen MR) is 116 cm³/mol. The number of nitrogens with two attached hydrogens (primary N) is 1. The van der Waals surface area contributed by atoms with Crippen LogP contribution < -0.4 is 15.4 Å². The molecule has 1 fully saturated rings. The van der Waals surface area contributed by atoms with E-state index in [-0.39, 0.29) is 53.4 Å². The monoisotopic (exact) mass is 442 g/mol. The van der Waals surface area contributed by atoms with Gasteiger partial charge in [0.05, 0.1) is 12.8 Å². The number of methoxy groups -OCH3 is 1. The number of aliphatic carboxylic acids is 1. The predicted octanol–water partition coefficient (Wildman–Crippen LogP) is 3.55. The average molecular weight is 442 g/mol. The third kappa shape index (κ3) is 4.11. The van der Waals surface area contributed by atoms with E-state index in [0.29, 0.717) is 23.4 Å². The summed E-state index contributed by atoms with van der Waals surface area (Å²) in [5.41, 5.74) is 7.83. The number of nitrogens with zero attached hydrogens (tertiary/aromatic N) is 3. The van der Waals surface area contributed by atoms with Crippen molar-refractivity contribution < 1.29 is 23.8 Å². The Kier molecular flexibility index (Phi) is 5.99. The molecule has 1 aliphatic carbocycles. The first-order valence-corrected chi connectivity index (χ1v) is 10.8. The normalized spacial score (nSPS) is 23.0. The summed E-state index contributed by atoms with van der Waals surface area (Å²) in [5.74, 6) is -1.24. The second kappa shape index (κ2) is 8.72. The van der Waals surface area contributed by atoms with Crippen molar-refractivity contribution in [2.24, 2.45) is 5.92 Å². The van der Waals surface area contributed by atoms with Gasteiger partial charge >= 0.3 is 12.0 Å². The lowest BCUT2D eigenvalue weighted by atomic mass is 9.77. The number of carbonyl (C=O) groups is 2. The highest BCUT2D eigenvalue weighted by atomic mass is 19.1. The molecule has 4 rings (SSSR count). The number of amides is 1. The van der Waals surface area contributed by atoms with Gasteiger partial charge in [-0.2, -0.15) is 9.97 Å². The van der Waals surface area contributed by atoms with Crippen molar-refractivity contribution in [2.75, 3.05) is 17.7 Å². The lowest BCUT2D eigenvalue weighted by molar-refractivity contribution is -0.138. The Labute approximate surface area is 185 Å². The van der Waals surface area contributed by atoms with Crippen LogP contribution in [0.15, 0.2) is 18.2 Å². The number of carbonyl (C=O) groups excluding carboxylic acids is 1. The summed E-state index contributed by atoms with van der Waals surface area (Å²) in [4.78, 5) is 34.0. The molecule has 1 saturated carbocycles. The topological polar surface area (TPSA) is 119 Å². The zero-order valence-electron chi connectivity index (χ0n) is 18.2. The zero-order valence-corrected chi connectivity index (χ0v) is 18.2. The number of ether oxygens (including phenoxy) is 1. The van der Waals surface area contributed by atoms with Gasteiger partial charge in [0.2, 0.25) is 0 Å². The molecule has 2 aromatic rings. The van der Waals surface area contributed by atoms with Gasteiger partial charge in [-0.25, -0.2) is 4.39 Å². The lowest BCUT2D eigenvalue weighted by Gasteiger charge is -2.35. The number of halogens is 1. The van der Waals surface area contributed by atoms with Crippen LogP contribution in [0.25, 0.3) is 0 Å². The van der Waals surface area contributed by atoms with Gasteiger partial charge in [-0.3, -0.25) is 9.59 Å². The highest BCUT2D eigenvalue weighted by molar-refractivity contribution is 6.11. The van der Waals surface area contributed by atoms with Crippen LogP contribution in [0.5, 0.6) is 6.01 Å². The number of benzene rings is 1. The number of carboxylic acid groups (broad SMARTS) is 1. The molecule has 0 radical (unpaired) electrons. The number of aromatic nitrogens is 2. The number of hydrogen-bond acceptors (Lipinski definition) is 6. The van der Waals surface area contributed by atoms with Gasteiger partial charge in [-0.15, -0.1) is 0 Å². The SMILES string of the molecule is COc1nc(N)c2c(n1)CC(C)N(c1ccc(C3CCC(CC(=O)O)CC3)c(F)c1)C2=O. The molecular formula is C23H27FN4O4. The van der Waals surface area contributed by atoms with Crippen molar-refractivity contribution in [1.29, 1.82) is 0 Å². The maximum atomic E-state index is 15.1. The van der Waals surface area contributed by atoms with Crippen LogP contribution in [0.3, 0.4) is 0 Å². The Balaban J connectivity index is 1.56. The summed E-state index contributed by atoms with van der Waals surface area (Å²) in [5, 5.41) is 8.98. The second-order valence-electron chi connectivity index (χ2n) is 8.67. The van der Waals surface area contributed by atoms with Gasteiger partial charge in [0.25, 0.3) is 5.91 Å². The molecule has 1 amide bonds. The van der Waals surface area contributed by atoms with E-state index in [1.165, 1.54) is 18.1 Å². The average Bonchev–Trinajstić information content (AvgIpc) is 2.73. The maximum Gasteiger partial charge on any atom is 0.318 e. The Morgan fingerprint density at radius 1 is 1.28 bits per heavy atom. The van der Waals surface area contributed by atoms with E-state index in [9.17, 15) is 9.59 Å². The highest BCUT2D eigenvalue weighted by Crippen LogP contribution is 2.39. The molecule has 3 N–H and O–H groups in total. The summed E-state index contributed by atoms with van der Waals surface area (Å²) in [7, 11) is 1.44. The first kappa shape index (κ1) is 22.0. The minimum atomic E-state index is -0.782. The van der Waals surface area contributed by atoms with E-state index in [1.807, 2.05) is 6.92 Å². The lowest BCUT2D eigenvalue weighted by Crippen LogP contribution is -2.45. The molecule has 1 aromatic carbocycles. The van der Waals surface area contributed by atoms with E-state index in [1.54, 1.807) is 12.1 Å². The van der Waals surface area contributed by atoms with E-state index in [2.05, 4.69) is 9.97 Å². The van der Waals surface area contributed by atoms with Crippen molar-refractivity contribution in [2.45, 2.75) is 57.4 Å². The molecule has 2 heterocycles. The van der Waals surface area contributed by atoms with Gasteiger partial charge in [0.15, 0.2) is 0 Å². The van der Waals surface area contributed by atoms with Crippen LogP contribution in [-0.4, -0.2) is 40.1 Å². The molecule has 8 nitrogen and oxygen atoms in total. The van der Waals surface area contributed by atoms with Crippen molar-refractivity contribution >= 4 is 23.4 Å². The Morgan fingerprint density at radius 2 is 2.00 bits per heavy atom. The molecule has 9 heteroatoms. The van der Waals surface area contributed by atoms with Crippen LogP contribution in [0.2, 0.25) is 0 Å². The number of carboxylic acids is 1. The molecule has 1 aliphatic heterocycles. The molecule has 0 bridgehead atoms. The van der Waals surface area contributed by atoms with E-state index in [4.69, 9.17) is 15.6 Å². The molecule has 1 aromatic heterocycles. The number of anilines is 2. The molecule has 0 spiro atoms. The smallest absolute Gasteiger partial charge is 0.318 e. The van der Waals surface area contributed by atoms with Crippen molar-refractivity contribution in [3.05, 3.63) is 40.8 Å². The van der Waals surface area contributed by atoms with E-state index >= 15 is 4.39 Å². The number of nitrogen functional groups attached to an aromatic ring is 1. The molecule has 2 aliphatic rings. The van der Waals surface area contributed by atoms with Crippen molar-refractivity contribution in [3.8, 4) is 6.01 Å². The van der Waals surface area contributed by atoms with E-state index < -0.39 is 5.97 Å². The number of rotatable bonds is 5. The first-order chi connectivity index (χ1) is 15.3. The minimum absolute atomic E-state index is 0.0453. The number of hydrogen-bond donors (Lipinski definition) is 2. The van der Waals surface area contributed by atoms with Gasteiger partial charge < -0.3 is 20.5 Å². The molecular weight excluding hydrogens is 415 g/mol. The first-order valence-electron chi connectivity index (χ1n) is 10.8. The number of fused-ring (bicyclic) bond motifs is 1. The third-order valence-corrected chi connectivity index (χ3v) is 6.55. The fourth-order valence-electron chi connectivity index (χ4n) is 4.96. The van der Waals surface area contributed by atoms with E-state index in [0.717, 1.165) is 25.7 Å². The molecule has 0 saturated heterocycles. The van der Waals surface area contributed by atoms with Crippen LogP contribution in [0.1, 0.15) is 66.6 Å². The highest BCUT2D eigenvalue weighted by Gasteiger charge is 2.35. The summed E-state index contributed by atoms with van der Waals surface area (Å²) in [6, 6.07) is 4.78. The van der Waals surface area contributed by atoms with Gasteiger partial charge in [-0.1, -0.05) is 6.07 Å². The van der Waals surface area contributed by atoms with Crippen molar-refractivity contribution in [3.63, 3.8) is 0 Å². The summed E-state index contributed by atoms with van der Waals surface area (Å²) >= 11 is 0. The largest absolute Gasteiger partial charge is 0.481 e. The Bertz CT molecular complexity index is 1050. The van der Waals surface area contributed by atoms with Crippen LogP contribution in [0, 0.1) is 11.7 Å². The summed E-state index contributed by atoms with van der Waals surface area (Å²) < 4.78 is 20.2. The van der Waals surface area contributed by atoms with Gasteiger partial charge in [-0.05, 0) is 62.1 Å². The van der Waals surface area contributed by atoms with Crippen LogP contribution in [-0.2, 0) is 11.2 Å². The summed E-state index contributed by atoms with van der Waals surface area (Å²) in [6.07, 6.45) is 3.69. The standard InChI is InChI=1S/C23H27FN4O4/c1-12-9-18-20(21(25)27-23(26-18)32-2)22(31)28(12)15-7-8-16(17(24)11-15)14-5-3-13(4-6-14)10-19(29)30/h7-8,11-14H,3-6,9-10H2,1-2H3,(H,29,30)(H2,25,26,27). The van der Waals surface area contributed by atoms with Crippen molar-refractivity contribution in [1.82, 2.24) is 9.97 Å². The van der Waals surface area contributed by atoms with Crippen LogP contribution >= 0.6 is 0 Å². The Morgan fingerprint density at radius 3 is 2.62 bits per heavy atom.